The molecule has 6 nitrogen and oxygen atoms in total. The quantitative estimate of drug-likeness (QED) is 0.618. The minimum Gasteiger partial charge on any atom is -0.485 e. The molecule has 0 saturated heterocycles. The van der Waals surface area contributed by atoms with E-state index in [4.69, 9.17) is 10.1 Å². The molecule has 1 aromatic carbocycles. The Labute approximate surface area is 147 Å². The van der Waals surface area contributed by atoms with Gasteiger partial charge in [0.2, 0.25) is 5.91 Å². The van der Waals surface area contributed by atoms with Crippen LogP contribution in [0.4, 0.5) is 0 Å². The molecule has 0 unspecified atom stereocenters. The number of nitrogens with zero attached hydrogens (tertiary/aromatic N) is 2. The number of hydrogen-bond donors (Lipinski definition) is 2. The molecule has 1 heterocycles. The fourth-order valence-electron chi connectivity index (χ4n) is 2.56. The topological polar surface area (TPSA) is 77.8 Å². The number of benzene rings is 1. The zero-order chi connectivity index (χ0) is 17.8. The highest BCUT2D eigenvalue weighted by atomic mass is 16.5. The minimum atomic E-state index is 0.102. The lowest BCUT2D eigenvalue weighted by atomic mass is 10.2. The summed E-state index contributed by atoms with van der Waals surface area (Å²) in [5, 5.41) is 10.7. The molecule has 0 bridgehead atoms. The van der Waals surface area contributed by atoms with Gasteiger partial charge in [-0.1, -0.05) is 30.3 Å². The van der Waals surface area contributed by atoms with Crippen molar-refractivity contribution in [1.29, 1.82) is 5.41 Å². The summed E-state index contributed by atoms with van der Waals surface area (Å²) in [4.78, 5) is 18.2. The number of allylic oxidation sites excluding steroid dienone is 2. The number of carbonyl (C=O) groups excluding carboxylic acids is 1. The maximum absolute atomic E-state index is 12.2. The third-order valence-electron chi connectivity index (χ3n) is 4.21. The SMILES string of the molecule is CC1=NC(N(C)C(=O)C2CC2)=CN/C1=C(\C=N)OCc1ccccc1. The summed E-state index contributed by atoms with van der Waals surface area (Å²) in [6.45, 7) is 2.21. The second-order valence-electron chi connectivity index (χ2n) is 6.17. The number of ether oxygens (including phenoxy) is 1. The molecule has 0 radical (unpaired) electrons. The molecule has 130 valence electrons. The van der Waals surface area contributed by atoms with Crippen LogP contribution in [0.1, 0.15) is 25.3 Å². The van der Waals surface area contributed by atoms with E-state index in [1.54, 1.807) is 18.1 Å². The molecule has 0 aromatic heterocycles. The monoisotopic (exact) mass is 338 g/mol. The van der Waals surface area contributed by atoms with Gasteiger partial charge in [-0.2, -0.15) is 0 Å². The first-order valence-electron chi connectivity index (χ1n) is 8.31. The Morgan fingerprint density at radius 2 is 2.12 bits per heavy atom. The highest BCUT2D eigenvalue weighted by molar-refractivity contribution is 6.03. The summed E-state index contributed by atoms with van der Waals surface area (Å²) in [6, 6.07) is 9.78. The smallest absolute Gasteiger partial charge is 0.231 e. The van der Waals surface area contributed by atoms with Crippen LogP contribution in [0.25, 0.3) is 0 Å². The van der Waals surface area contributed by atoms with Gasteiger partial charge in [0.25, 0.3) is 0 Å². The zero-order valence-corrected chi connectivity index (χ0v) is 14.5. The van der Waals surface area contributed by atoms with Crippen molar-refractivity contribution in [2.45, 2.75) is 26.4 Å². The second-order valence-corrected chi connectivity index (χ2v) is 6.17. The van der Waals surface area contributed by atoms with Gasteiger partial charge in [0.05, 0.1) is 11.9 Å². The number of amides is 1. The summed E-state index contributed by atoms with van der Waals surface area (Å²) < 4.78 is 5.76. The Morgan fingerprint density at radius 3 is 2.72 bits per heavy atom. The van der Waals surface area contributed by atoms with E-state index in [0.29, 0.717) is 29.6 Å². The van der Waals surface area contributed by atoms with Crippen LogP contribution < -0.4 is 5.32 Å². The van der Waals surface area contributed by atoms with Crippen LogP contribution in [0.3, 0.4) is 0 Å². The Bertz CT molecular complexity index is 761. The maximum Gasteiger partial charge on any atom is 0.231 e. The molecule has 0 atom stereocenters. The first kappa shape index (κ1) is 17.0. The molecule has 1 aliphatic heterocycles. The molecule has 0 spiro atoms. The first-order valence-corrected chi connectivity index (χ1v) is 8.31. The van der Waals surface area contributed by atoms with Gasteiger partial charge >= 0.3 is 0 Å². The summed E-state index contributed by atoms with van der Waals surface area (Å²) in [5.74, 6) is 1.23. The van der Waals surface area contributed by atoms with E-state index < -0.39 is 0 Å². The molecular weight excluding hydrogens is 316 g/mol. The number of aliphatic imine (C=N–C) groups is 1. The van der Waals surface area contributed by atoms with E-state index >= 15 is 0 Å². The number of rotatable bonds is 6. The molecule has 1 aliphatic carbocycles. The normalized spacial score (nSPS) is 18.5. The van der Waals surface area contributed by atoms with Crippen molar-refractivity contribution >= 4 is 17.8 Å². The average molecular weight is 338 g/mol. The van der Waals surface area contributed by atoms with Gasteiger partial charge in [-0.25, -0.2) is 4.99 Å². The molecule has 1 aromatic rings. The van der Waals surface area contributed by atoms with Crippen LogP contribution in [0.2, 0.25) is 0 Å². The van der Waals surface area contributed by atoms with Gasteiger partial charge in [-0.3, -0.25) is 9.69 Å². The maximum atomic E-state index is 12.2. The van der Waals surface area contributed by atoms with Crippen molar-refractivity contribution in [3.05, 3.63) is 59.4 Å². The number of carbonyl (C=O) groups is 1. The van der Waals surface area contributed by atoms with Gasteiger partial charge in [0, 0.05) is 19.2 Å². The van der Waals surface area contributed by atoms with Crippen molar-refractivity contribution in [3.8, 4) is 0 Å². The van der Waals surface area contributed by atoms with E-state index in [1.165, 1.54) is 6.21 Å². The van der Waals surface area contributed by atoms with E-state index in [0.717, 1.165) is 18.4 Å². The lowest BCUT2D eigenvalue weighted by Gasteiger charge is -2.23. The van der Waals surface area contributed by atoms with Crippen molar-refractivity contribution in [1.82, 2.24) is 10.2 Å². The van der Waals surface area contributed by atoms with E-state index in [-0.39, 0.29) is 11.8 Å². The third kappa shape index (κ3) is 3.96. The average Bonchev–Trinajstić information content (AvgIpc) is 3.48. The van der Waals surface area contributed by atoms with Gasteiger partial charge in [-0.05, 0) is 25.3 Å². The number of hydrogen-bond acceptors (Lipinski definition) is 5. The fraction of sp³-hybridized carbons (Fsp3) is 0.316. The lowest BCUT2D eigenvalue weighted by Crippen LogP contribution is -2.31. The summed E-state index contributed by atoms with van der Waals surface area (Å²) in [7, 11) is 1.74. The molecule has 25 heavy (non-hydrogen) atoms. The molecule has 1 fully saturated rings. The van der Waals surface area contributed by atoms with Gasteiger partial charge in [-0.15, -0.1) is 0 Å². The largest absolute Gasteiger partial charge is 0.485 e. The predicted octanol–water partition coefficient (Wildman–Crippen LogP) is 2.80. The van der Waals surface area contributed by atoms with Crippen LogP contribution in [0, 0.1) is 11.3 Å². The number of nitrogens with one attached hydrogen (secondary N) is 2. The van der Waals surface area contributed by atoms with Crippen molar-refractivity contribution in [2.24, 2.45) is 10.9 Å². The highest BCUT2D eigenvalue weighted by Crippen LogP contribution is 2.32. The van der Waals surface area contributed by atoms with Crippen LogP contribution in [-0.2, 0) is 16.1 Å². The van der Waals surface area contributed by atoms with Gasteiger partial charge in [0.1, 0.15) is 12.3 Å². The molecule has 3 rings (SSSR count). The molecular formula is C19H22N4O2. The molecule has 2 aliphatic rings. The summed E-state index contributed by atoms with van der Waals surface area (Å²) in [6.07, 6.45) is 4.77. The van der Waals surface area contributed by atoms with Crippen LogP contribution in [0.15, 0.2) is 58.8 Å². The van der Waals surface area contributed by atoms with Gasteiger partial charge < -0.3 is 15.5 Å². The first-order chi connectivity index (χ1) is 12.1. The van der Waals surface area contributed by atoms with Crippen LogP contribution >= 0.6 is 0 Å². The summed E-state index contributed by atoms with van der Waals surface area (Å²) in [5.41, 5.74) is 2.35. The fourth-order valence-corrected chi connectivity index (χ4v) is 2.56. The Hall–Kier alpha value is -2.89. The van der Waals surface area contributed by atoms with Crippen molar-refractivity contribution in [2.75, 3.05) is 7.05 Å². The Balaban J connectivity index is 1.71. The standard InChI is InChI=1S/C19H22N4O2/c1-13-18(16(10-20)25-12-14-6-4-3-5-7-14)21-11-17(22-13)23(2)19(24)15-8-9-15/h3-7,10-11,15,20-21H,8-9,12H2,1-2H3/b18-16+,20-10?. The van der Waals surface area contributed by atoms with E-state index in [1.807, 2.05) is 37.3 Å². The Morgan fingerprint density at radius 1 is 1.40 bits per heavy atom. The molecule has 1 amide bonds. The van der Waals surface area contributed by atoms with E-state index in [9.17, 15) is 4.79 Å². The van der Waals surface area contributed by atoms with Crippen molar-refractivity contribution < 1.29 is 9.53 Å². The summed E-state index contributed by atoms with van der Waals surface area (Å²) >= 11 is 0. The minimum absolute atomic E-state index is 0.102. The van der Waals surface area contributed by atoms with Gasteiger partial charge in [0.15, 0.2) is 11.6 Å². The van der Waals surface area contributed by atoms with E-state index in [2.05, 4.69) is 10.3 Å². The predicted molar refractivity (Wildman–Crippen MR) is 96.9 cm³/mol. The van der Waals surface area contributed by atoms with Crippen LogP contribution in [-0.4, -0.2) is 29.8 Å². The third-order valence-corrected chi connectivity index (χ3v) is 4.21. The zero-order valence-electron chi connectivity index (χ0n) is 14.5. The molecule has 2 N–H and O–H groups in total. The van der Waals surface area contributed by atoms with Crippen molar-refractivity contribution in [3.63, 3.8) is 0 Å². The Kier molecular flexibility index (Phi) is 4.97. The van der Waals surface area contributed by atoms with Crippen LogP contribution in [0.5, 0.6) is 0 Å². The molecule has 1 saturated carbocycles. The second kappa shape index (κ2) is 7.34. The lowest BCUT2D eigenvalue weighted by molar-refractivity contribution is -0.129. The highest BCUT2D eigenvalue weighted by Gasteiger charge is 2.33. The molecule has 6 heteroatoms.